The van der Waals surface area contributed by atoms with Gasteiger partial charge in [0.15, 0.2) is 0 Å². The molecule has 0 aromatic heterocycles. The summed E-state index contributed by atoms with van der Waals surface area (Å²) in [5, 5.41) is 12.2. The van der Waals surface area contributed by atoms with Gasteiger partial charge in [-0.2, -0.15) is 0 Å². The predicted octanol–water partition coefficient (Wildman–Crippen LogP) is 0.169. The summed E-state index contributed by atoms with van der Waals surface area (Å²) in [5.74, 6) is 0.0964. The molecule has 1 aliphatic rings. The Hall–Kier alpha value is -0.870. The van der Waals surface area contributed by atoms with E-state index in [1.165, 1.54) is 0 Å². The maximum absolute atomic E-state index is 11.7. The lowest BCUT2D eigenvalue weighted by Gasteiger charge is -2.18. The fraction of sp³-hybridized carbons (Fsp3) is 0.727. The number of aliphatic hydroxyl groups is 1. The predicted molar refractivity (Wildman–Crippen MR) is 59.2 cm³/mol. The molecule has 0 aliphatic heterocycles. The maximum atomic E-state index is 11.7. The van der Waals surface area contributed by atoms with Gasteiger partial charge < -0.3 is 16.2 Å². The molecule has 1 aliphatic carbocycles. The highest BCUT2D eigenvalue weighted by Crippen LogP contribution is 2.19. The molecule has 0 bridgehead atoms. The fourth-order valence-corrected chi connectivity index (χ4v) is 1.77. The number of allylic oxidation sites excluding steroid dienone is 1. The Morgan fingerprint density at radius 3 is 3.00 bits per heavy atom. The summed E-state index contributed by atoms with van der Waals surface area (Å²) in [6.45, 7) is 1.01. The van der Waals surface area contributed by atoms with Crippen LogP contribution in [0.3, 0.4) is 0 Å². The van der Waals surface area contributed by atoms with Crippen LogP contribution in [-0.4, -0.2) is 30.2 Å². The largest absolute Gasteiger partial charge is 0.389 e. The second-order valence-electron chi connectivity index (χ2n) is 3.93. The lowest BCUT2D eigenvalue weighted by atomic mass is 9.92. The van der Waals surface area contributed by atoms with Crippen molar-refractivity contribution in [3.63, 3.8) is 0 Å². The van der Waals surface area contributed by atoms with Crippen molar-refractivity contribution in [3.05, 3.63) is 12.2 Å². The van der Waals surface area contributed by atoms with Crippen LogP contribution in [0.2, 0.25) is 0 Å². The molecule has 15 heavy (non-hydrogen) atoms. The van der Waals surface area contributed by atoms with Gasteiger partial charge in [-0.1, -0.05) is 12.2 Å². The molecule has 0 fully saturated rings. The zero-order chi connectivity index (χ0) is 11.1. The lowest BCUT2D eigenvalue weighted by Crippen LogP contribution is -2.35. The number of amides is 1. The Bertz CT molecular complexity index is 229. The molecule has 86 valence electrons. The van der Waals surface area contributed by atoms with Crippen molar-refractivity contribution in [2.24, 2.45) is 11.7 Å². The third-order valence-corrected chi connectivity index (χ3v) is 2.67. The number of aliphatic hydroxyl groups excluding tert-OH is 1. The first-order valence-electron chi connectivity index (χ1n) is 5.56. The van der Waals surface area contributed by atoms with Crippen LogP contribution in [0, 0.1) is 5.92 Å². The summed E-state index contributed by atoms with van der Waals surface area (Å²) < 4.78 is 0. The number of carbonyl (C=O) groups excluding carboxylic acids is 1. The molecular formula is C11H20N2O2. The summed E-state index contributed by atoms with van der Waals surface area (Å²) in [7, 11) is 0. The Kier molecular flexibility index (Phi) is 5.36. The topological polar surface area (TPSA) is 75.3 Å². The van der Waals surface area contributed by atoms with Crippen molar-refractivity contribution in [3.8, 4) is 0 Å². The zero-order valence-corrected chi connectivity index (χ0v) is 8.98. The molecule has 2 atom stereocenters. The van der Waals surface area contributed by atoms with Crippen LogP contribution in [0.25, 0.3) is 0 Å². The fourth-order valence-electron chi connectivity index (χ4n) is 1.77. The van der Waals surface area contributed by atoms with E-state index < -0.39 is 6.10 Å². The lowest BCUT2D eigenvalue weighted by molar-refractivity contribution is -0.125. The van der Waals surface area contributed by atoms with Crippen molar-refractivity contribution in [2.45, 2.75) is 31.8 Å². The van der Waals surface area contributed by atoms with Crippen molar-refractivity contribution < 1.29 is 9.90 Å². The van der Waals surface area contributed by atoms with Gasteiger partial charge >= 0.3 is 0 Å². The van der Waals surface area contributed by atoms with Crippen molar-refractivity contribution in [2.75, 3.05) is 13.1 Å². The second kappa shape index (κ2) is 6.58. The summed E-state index contributed by atoms with van der Waals surface area (Å²) in [4.78, 5) is 11.7. The normalized spacial score (nSPS) is 28.9. The molecular weight excluding hydrogens is 192 g/mol. The Balaban J connectivity index is 2.40. The van der Waals surface area contributed by atoms with E-state index in [0.717, 1.165) is 19.3 Å². The van der Waals surface area contributed by atoms with Gasteiger partial charge in [-0.15, -0.1) is 0 Å². The van der Waals surface area contributed by atoms with Crippen LogP contribution in [0.15, 0.2) is 12.2 Å². The molecule has 0 radical (unpaired) electrons. The van der Waals surface area contributed by atoms with E-state index >= 15 is 0 Å². The molecule has 4 heteroatoms. The smallest absolute Gasteiger partial charge is 0.223 e. The van der Waals surface area contributed by atoms with Gasteiger partial charge in [-0.05, 0) is 25.7 Å². The molecule has 0 saturated carbocycles. The molecule has 1 rings (SSSR count). The minimum atomic E-state index is -0.393. The van der Waals surface area contributed by atoms with Crippen LogP contribution < -0.4 is 11.1 Å². The van der Waals surface area contributed by atoms with E-state index in [1.807, 2.05) is 12.2 Å². The SMILES string of the molecule is NCCNC(=O)[C@H]1CC/C=C/C(O)CC1. The van der Waals surface area contributed by atoms with E-state index in [9.17, 15) is 9.90 Å². The Labute approximate surface area is 90.5 Å². The average Bonchev–Trinajstić information content (AvgIpc) is 2.21. The van der Waals surface area contributed by atoms with E-state index in [0.29, 0.717) is 19.5 Å². The van der Waals surface area contributed by atoms with Crippen LogP contribution >= 0.6 is 0 Å². The third kappa shape index (κ3) is 4.44. The molecule has 0 heterocycles. The highest BCUT2D eigenvalue weighted by atomic mass is 16.3. The van der Waals surface area contributed by atoms with Gasteiger partial charge in [-0.25, -0.2) is 0 Å². The molecule has 1 amide bonds. The average molecular weight is 212 g/mol. The van der Waals surface area contributed by atoms with E-state index in [1.54, 1.807) is 0 Å². The molecule has 0 aromatic rings. The van der Waals surface area contributed by atoms with E-state index in [2.05, 4.69) is 5.32 Å². The summed E-state index contributed by atoms with van der Waals surface area (Å²) >= 11 is 0. The molecule has 4 nitrogen and oxygen atoms in total. The molecule has 4 N–H and O–H groups in total. The maximum Gasteiger partial charge on any atom is 0.223 e. The van der Waals surface area contributed by atoms with Gasteiger partial charge in [0.2, 0.25) is 5.91 Å². The summed E-state index contributed by atoms with van der Waals surface area (Å²) in [6.07, 6.45) is 6.51. The summed E-state index contributed by atoms with van der Waals surface area (Å²) in [6, 6.07) is 0. The molecule has 0 saturated heterocycles. The Morgan fingerprint density at radius 1 is 1.47 bits per heavy atom. The van der Waals surface area contributed by atoms with Crippen LogP contribution in [-0.2, 0) is 4.79 Å². The van der Waals surface area contributed by atoms with Crippen molar-refractivity contribution in [1.29, 1.82) is 0 Å². The van der Waals surface area contributed by atoms with E-state index in [4.69, 9.17) is 5.73 Å². The van der Waals surface area contributed by atoms with Crippen molar-refractivity contribution >= 4 is 5.91 Å². The number of hydrogen-bond acceptors (Lipinski definition) is 3. The minimum Gasteiger partial charge on any atom is -0.389 e. The minimum absolute atomic E-state index is 0.0242. The van der Waals surface area contributed by atoms with Gasteiger partial charge in [0, 0.05) is 19.0 Å². The van der Waals surface area contributed by atoms with Gasteiger partial charge in [0.25, 0.3) is 0 Å². The number of carbonyl (C=O) groups is 1. The molecule has 0 aromatic carbocycles. The van der Waals surface area contributed by atoms with Crippen molar-refractivity contribution in [1.82, 2.24) is 5.32 Å². The standard InChI is InChI=1S/C11H20N2O2/c12-7-8-13-11(15)9-3-1-2-4-10(14)6-5-9/h2,4,9-10,14H,1,3,5-8,12H2,(H,13,15)/b4-2+/t9-,10?/m0/s1. The zero-order valence-electron chi connectivity index (χ0n) is 8.98. The summed E-state index contributed by atoms with van der Waals surface area (Å²) in [5.41, 5.74) is 5.32. The van der Waals surface area contributed by atoms with Crippen LogP contribution in [0.4, 0.5) is 0 Å². The first kappa shape index (κ1) is 12.2. The highest BCUT2D eigenvalue weighted by Gasteiger charge is 2.19. The van der Waals surface area contributed by atoms with Gasteiger partial charge in [0.1, 0.15) is 0 Å². The monoisotopic (exact) mass is 212 g/mol. The number of nitrogens with two attached hydrogens (primary N) is 1. The first-order valence-corrected chi connectivity index (χ1v) is 5.56. The molecule has 0 spiro atoms. The highest BCUT2D eigenvalue weighted by molar-refractivity contribution is 5.78. The molecule has 1 unspecified atom stereocenters. The van der Waals surface area contributed by atoms with Gasteiger partial charge in [-0.3, -0.25) is 4.79 Å². The second-order valence-corrected chi connectivity index (χ2v) is 3.93. The van der Waals surface area contributed by atoms with E-state index in [-0.39, 0.29) is 11.8 Å². The van der Waals surface area contributed by atoms with Gasteiger partial charge in [0.05, 0.1) is 6.10 Å². The van der Waals surface area contributed by atoms with Crippen LogP contribution in [0.5, 0.6) is 0 Å². The number of hydrogen-bond donors (Lipinski definition) is 3. The Morgan fingerprint density at radius 2 is 2.27 bits per heavy atom. The quantitative estimate of drug-likeness (QED) is 0.584. The van der Waals surface area contributed by atoms with Crippen LogP contribution in [0.1, 0.15) is 25.7 Å². The number of rotatable bonds is 3. The third-order valence-electron chi connectivity index (χ3n) is 2.67. The number of nitrogens with one attached hydrogen (secondary N) is 1. The first-order chi connectivity index (χ1) is 7.24.